The van der Waals surface area contributed by atoms with Crippen LogP contribution < -0.4 is 14.8 Å². The van der Waals surface area contributed by atoms with Crippen LogP contribution in [-0.4, -0.2) is 19.6 Å². The first-order valence-electron chi connectivity index (χ1n) is 6.10. The molecule has 21 heavy (non-hydrogen) atoms. The van der Waals surface area contributed by atoms with Crippen LogP contribution in [0.4, 0.5) is 10.1 Å². The van der Waals surface area contributed by atoms with E-state index in [4.69, 9.17) is 9.47 Å². The molecule has 4 nitrogen and oxygen atoms in total. The molecule has 2 aromatic rings. The minimum atomic E-state index is -0.434. The van der Waals surface area contributed by atoms with Crippen molar-refractivity contribution in [3.05, 3.63) is 52.8 Å². The maximum absolute atomic E-state index is 13.1. The third-order valence-electron chi connectivity index (χ3n) is 2.62. The molecule has 1 N–H and O–H groups in total. The number of amides is 1. The number of carbonyl (C=O) groups is 1. The Morgan fingerprint density at radius 1 is 1.24 bits per heavy atom. The Morgan fingerprint density at radius 2 is 1.95 bits per heavy atom. The van der Waals surface area contributed by atoms with Crippen molar-refractivity contribution in [3.8, 4) is 11.5 Å². The fourth-order valence-electron chi connectivity index (χ4n) is 1.63. The molecule has 0 spiro atoms. The van der Waals surface area contributed by atoms with Gasteiger partial charge in [0.05, 0.1) is 12.8 Å². The number of ether oxygens (including phenoxy) is 2. The van der Waals surface area contributed by atoms with Crippen LogP contribution in [0.25, 0.3) is 0 Å². The van der Waals surface area contributed by atoms with Crippen molar-refractivity contribution < 1.29 is 18.7 Å². The first-order valence-corrected chi connectivity index (χ1v) is 6.89. The fraction of sp³-hybridized carbons (Fsp3) is 0.133. The van der Waals surface area contributed by atoms with E-state index in [9.17, 15) is 9.18 Å². The molecule has 0 bridgehead atoms. The summed E-state index contributed by atoms with van der Waals surface area (Å²) in [7, 11) is 1.41. The van der Waals surface area contributed by atoms with Gasteiger partial charge in [-0.25, -0.2) is 4.39 Å². The van der Waals surface area contributed by atoms with Crippen molar-refractivity contribution in [2.45, 2.75) is 0 Å². The number of anilines is 1. The molecule has 0 radical (unpaired) electrons. The van der Waals surface area contributed by atoms with E-state index < -0.39 is 5.82 Å². The lowest BCUT2D eigenvalue weighted by Crippen LogP contribution is -2.20. The zero-order valence-corrected chi connectivity index (χ0v) is 12.8. The molecule has 1 amide bonds. The summed E-state index contributed by atoms with van der Waals surface area (Å²) in [6.07, 6.45) is 0. The topological polar surface area (TPSA) is 47.6 Å². The highest BCUT2D eigenvalue weighted by Crippen LogP contribution is 2.24. The highest BCUT2D eigenvalue weighted by molar-refractivity contribution is 9.10. The lowest BCUT2D eigenvalue weighted by atomic mass is 10.3. The highest BCUT2D eigenvalue weighted by atomic mass is 79.9. The van der Waals surface area contributed by atoms with E-state index >= 15 is 0 Å². The Balaban J connectivity index is 1.94. The Kier molecular flexibility index (Phi) is 5.16. The second-order valence-electron chi connectivity index (χ2n) is 4.14. The maximum atomic E-state index is 13.1. The zero-order valence-electron chi connectivity index (χ0n) is 11.2. The van der Waals surface area contributed by atoms with E-state index in [0.29, 0.717) is 11.4 Å². The second-order valence-corrected chi connectivity index (χ2v) is 5.05. The molecule has 0 aliphatic heterocycles. The van der Waals surface area contributed by atoms with Crippen LogP contribution in [0.15, 0.2) is 46.9 Å². The quantitative estimate of drug-likeness (QED) is 0.892. The molecule has 0 fully saturated rings. The van der Waals surface area contributed by atoms with E-state index in [1.165, 1.54) is 25.3 Å². The SMILES string of the molecule is COc1cc(F)ccc1NC(=O)COc1ccc(Br)cc1. The summed E-state index contributed by atoms with van der Waals surface area (Å²) in [6, 6.07) is 11.0. The predicted octanol–water partition coefficient (Wildman–Crippen LogP) is 3.61. The Morgan fingerprint density at radius 3 is 2.62 bits per heavy atom. The lowest BCUT2D eigenvalue weighted by molar-refractivity contribution is -0.118. The number of methoxy groups -OCH3 is 1. The summed E-state index contributed by atoms with van der Waals surface area (Å²) in [6.45, 7) is -0.151. The van der Waals surface area contributed by atoms with Gasteiger partial charge in [-0.1, -0.05) is 15.9 Å². The number of benzene rings is 2. The van der Waals surface area contributed by atoms with Crippen LogP contribution in [0.2, 0.25) is 0 Å². The van der Waals surface area contributed by atoms with Gasteiger partial charge < -0.3 is 14.8 Å². The summed E-state index contributed by atoms with van der Waals surface area (Å²) < 4.78 is 24.3. The Labute approximate surface area is 130 Å². The van der Waals surface area contributed by atoms with Gasteiger partial charge in [-0.15, -0.1) is 0 Å². The van der Waals surface area contributed by atoms with Crippen molar-refractivity contribution in [2.75, 3.05) is 19.0 Å². The van der Waals surface area contributed by atoms with Crippen LogP contribution in [0.1, 0.15) is 0 Å². The van der Waals surface area contributed by atoms with Gasteiger partial charge in [-0.05, 0) is 36.4 Å². The van der Waals surface area contributed by atoms with E-state index in [-0.39, 0.29) is 18.3 Å². The van der Waals surface area contributed by atoms with Crippen molar-refractivity contribution in [2.24, 2.45) is 0 Å². The summed E-state index contributed by atoms with van der Waals surface area (Å²) in [4.78, 5) is 11.8. The lowest BCUT2D eigenvalue weighted by Gasteiger charge is -2.11. The molecule has 2 aromatic carbocycles. The number of carbonyl (C=O) groups excluding carboxylic acids is 1. The van der Waals surface area contributed by atoms with E-state index in [1.54, 1.807) is 12.1 Å². The molecule has 110 valence electrons. The van der Waals surface area contributed by atoms with Gasteiger partial charge in [0.15, 0.2) is 6.61 Å². The van der Waals surface area contributed by atoms with Crippen LogP contribution in [-0.2, 0) is 4.79 Å². The molecular weight excluding hydrogens is 341 g/mol. The normalized spacial score (nSPS) is 10.0. The van der Waals surface area contributed by atoms with Crippen LogP contribution in [0.5, 0.6) is 11.5 Å². The molecule has 0 aliphatic carbocycles. The van der Waals surface area contributed by atoms with Crippen molar-refractivity contribution in [1.82, 2.24) is 0 Å². The molecule has 0 aromatic heterocycles. The zero-order chi connectivity index (χ0) is 15.2. The fourth-order valence-corrected chi connectivity index (χ4v) is 1.90. The Hall–Kier alpha value is -2.08. The monoisotopic (exact) mass is 353 g/mol. The maximum Gasteiger partial charge on any atom is 0.262 e. The minimum absolute atomic E-state index is 0.151. The summed E-state index contributed by atoms with van der Waals surface area (Å²) in [5, 5.41) is 2.61. The summed E-state index contributed by atoms with van der Waals surface area (Å²) >= 11 is 3.31. The molecule has 0 saturated heterocycles. The van der Waals surface area contributed by atoms with Gasteiger partial charge in [-0.3, -0.25) is 4.79 Å². The van der Waals surface area contributed by atoms with Crippen LogP contribution in [0, 0.1) is 5.82 Å². The molecular formula is C15H13BrFNO3. The van der Waals surface area contributed by atoms with Gasteiger partial charge >= 0.3 is 0 Å². The third-order valence-corrected chi connectivity index (χ3v) is 3.15. The first-order chi connectivity index (χ1) is 10.1. The summed E-state index contributed by atoms with van der Waals surface area (Å²) in [5.41, 5.74) is 0.392. The van der Waals surface area contributed by atoms with E-state index in [1.807, 2.05) is 12.1 Å². The molecule has 0 heterocycles. The summed E-state index contributed by atoms with van der Waals surface area (Å²) in [5.74, 6) is 0.0465. The van der Waals surface area contributed by atoms with Crippen molar-refractivity contribution >= 4 is 27.5 Å². The minimum Gasteiger partial charge on any atom is -0.494 e. The number of nitrogens with one attached hydrogen (secondary N) is 1. The molecule has 0 aliphatic rings. The van der Waals surface area contributed by atoms with Crippen molar-refractivity contribution in [1.29, 1.82) is 0 Å². The van der Waals surface area contributed by atoms with Crippen molar-refractivity contribution in [3.63, 3.8) is 0 Å². The highest BCUT2D eigenvalue weighted by Gasteiger charge is 2.09. The van der Waals surface area contributed by atoms with Crippen LogP contribution >= 0.6 is 15.9 Å². The number of hydrogen-bond donors (Lipinski definition) is 1. The van der Waals surface area contributed by atoms with Crippen LogP contribution in [0.3, 0.4) is 0 Å². The van der Waals surface area contributed by atoms with Gasteiger partial charge in [0.1, 0.15) is 17.3 Å². The van der Waals surface area contributed by atoms with E-state index in [0.717, 1.165) is 4.47 Å². The molecule has 0 unspecified atom stereocenters. The molecule has 2 rings (SSSR count). The number of hydrogen-bond acceptors (Lipinski definition) is 3. The van der Waals surface area contributed by atoms with Gasteiger partial charge in [0.2, 0.25) is 0 Å². The number of halogens is 2. The standard InChI is InChI=1S/C15H13BrFNO3/c1-20-14-8-11(17)4-7-13(14)18-15(19)9-21-12-5-2-10(16)3-6-12/h2-8H,9H2,1H3,(H,18,19). The number of rotatable bonds is 5. The smallest absolute Gasteiger partial charge is 0.262 e. The van der Waals surface area contributed by atoms with Gasteiger partial charge in [0, 0.05) is 10.5 Å². The van der Waals surface area contributed by atoms with Gasteiger partial charge in [-0.2, -0.15) is 0 Å². The third kappa shape index (κ3) is 4.46. The second kappa shape index (κ2) is 7.08. The largest absolute Gasteiger partial charge is 0.494 e. The molecule has 6 heteroatoms. The molecule has 0 saturated carbocycles. The predicted molar refractivity (Wildman–Crippen MR) is 81.2 cm³/mol. The average Bonchev–Trinajstić information content (AvgIpc) is 2.48. The first kappa shape index (κ1) is 15.3. The van der Waals surface area contributed by atoms with Gasteiger partial charge in [0.25, 0.3) is 5.91 Å². The molecule has 0 atom stereocenters. The van der Waals surface area contributed by atoms with E-state index in [2.05, 4.69) is 21.2 Å². The Bertz CT molecular complexity index is 631. The average molecular weight is 354 g/mol.